The fourth-order valence-electron chi connectivity index (χ4n) is 2.86. The third-order valence-electron chi connectivity index (χ3n) is 4.65. The Morgan fingerprint density at radius 1 is 1.18 bits per heavy atom. The molecule has 0 spiro atoms. The summed E-state index contributed by atoms with van der Waals surface area (Å²) in [5.41, 5.74) is -3.37. The molecule has 34 heavy (non-hydrogen) atoms. The van der Waals surface area contributed by atoms with Crippen LogP contribution >= 0.6 is 0 Å². The molecule has 1 atom stereocenters. The molecule has 1 amide bonds. The number of carbonyl (C=O) groups excluding carboxylic acids is 1. The molecule has 0 aliphatic carbocycles. The molecule has 0 radical (unpaired) electrons. The number of aromatic nitrogens is 3. The summed E-state index contributed by atoms with van der Waals surface area (Å²) in [7, 11) is 1.22. The number of benzene rings is 2. The molecule has 2 N–H and O–H groups in total. The van der Waals surface area contributed by atoms with Crippen molar-refractivity contribution >= 4 is 11.6 Å². The first-order chi connectivity index (χ1) is 16.1. The van der Waals surface area contributed by atoms with Crippen LogP contribution in [0.25, 0.3) is 5.69 Å². The lowest BCUT2D eigenvalue weighted by Crippen LogP contribution is -2.29. The van der Waals surface area contributed by atoms with Crippen LogP contribution in [0.2, 0.25) is 0 Å². The van der Waals surface area contributed by atoms with E-state index in [1.807, 2.05) is 5.32 Å². The Hall–Kier alpha value is -3.81. The van der Waals surface area contributed by atoms with Gasteiger partial charge in [0, 0.05) is 13.1 Å². The van der Waals surface area contributed by atoms with Crippen LogP contribution in [0.5, 0.6) is 5.75 Å². The number of para-hydroxylation sites is 1. The molecule has 3 rings (SSSR count). The van der Waals surface area contributed by atoms with Gasteiger partial charge in [-0.2, -0.15) is 4.68 Å². The summed E-state index contributed by atoms with van der Waals surface area (Å²) >= 11 is 0. The first-order valence-corrected chi connectivity index (χ1v) is 9.44. The Morgan fingerprint density at radius 3 is 2.35 bits per heavy atom. The van der Waals surface area contributed by atoms with Crippen molar-refractivity contribution in [2.75, 3.05) is 12.0 Å². The highest BCUT2D eigenvalue weighted by molar-refractivity contribution is 6.06. The summed E-state index contributed by atoms with van der Waals surface area (Å²) in [6.45, 7) is -2.40. The molecule has 0 bridgehead atoms. The maximum atomic E-state index is 14.9. The standard InChI is InChI=1S/C20H16F6N4O4/c1-29-16(8-31)28-30(20(29)33)13-6-14(34-15(7-21)18(25)26)9(5-12(13)24)19(32)27-17-10(22)3-2-4-11(17)23/h2-6,15,18,31H,7-8H2,1H3,(H,27,32)/t15-/m0/s1. The van der Waals surface area contributed by atoms with Crippen molar-refractivity contribution in [3.8, 4) is 11.4 Å². The van der Waals surface area contributed by atoms with Gasteiger partial charge < -0.3 is 15.2 Å². The number of halogens is 6. The summed E-state index contributed by atoms with van der Waals surface area (Å²) in [6, 6.07) is 3.73. The smallest absolute Gasteiger partial charge is 0.350 e. The molecule has 1 heterocycles. The fourth-order valence-corrected chi connectivity index (χ4v) is 2.86. The normalized spacial score (nSPS) is 12.1. The van der Waals surface area contributed by atoms with Gasteiger partial charge >= 0.3 is 5.69 Å². The van der Waals surface area contributed by atoms with Gasteiger partial charge in [0.1, 0.15) is 47.9 Å². The molecule has 0 aliphatic heterocycles. The van der Waals surface area contributed by atoms with Gasteiger partial charge in [0.2, 0.25) is 0 Å². The molecular formula is C20H16F6N4O4. The van der Waals surface area contributed by atoms with Crippen molar-refractivity contribution in [1.82, 2.24) is 14.3 Å². The van der Waals surface area contributed by atoms with E-state index in [4.69, 9.17) is 4.74 Å². The number of hydrogen-bond donors (Lipinski definition) is 2. The van der Waals surface area contributed by atoms with E-state index in [0.717, 1.165) is 22.8 Å². The molecule has 182 valence electrons. The number of rotatable bonds is 8. The lowest BCUT2D eigenvalue weighted by molar-refractivity contribution is -0.00159. The number of nitrogens with one attached hydrogen (secondary N) is 1. The average molecular weight is 490 g/mol. The quantitative estimate of drug-likeness (QED) is 0.474. The highest BCUT2D eigenvalue weighted by atomic mass is 19.3. The zero-order valence-corrected chi connectivity index (χ0v) is 17.2. The molecule has 3 aromatic rings. The Labute approximate surface area is 187 Å². The topological polar surface area (TPSA) is 98.4 Å². The maximum Gasteiger partial charge on any atom is 0.350 e. The van der Waals surface area contributed by atoms with Crippen LogP contribution in [-0.2, 0) is 13.7 Å². The number of amides is 1. The van der Waals surface area contributed by atoms with E-state index in [1.54, 1.807) is 0 Å². The maximum absolute atomic E-state index is 14.9. The van der Waals surface area contributed by atoms with Crippen LogP contribution in [0, 0.1) is 17.5 Å². The number of alkyl halides is 3. The minimum absolute atomic E-state index is 0.182. The predicted molar refractivity (Wildman–Crippen MR) is 105 cm³/mol. The lowest BCUT2D eigenvalue weighted by Gasteiger charge is -2.19. The van der Waals surface area contributed by atoms with Gasteiger partial charge in [0.15, 0.2) is 11.9 Å². The predicted octanol–water partition coefficient (Wildman–Crippen LogP) is 2.71. The molecular weight excluding hydrogens is 474 g/mol. The van der Waals surface area contributed by atoms with Crippen LogP contribution in [0.15, 0.2) is 35.1 Å². The Bertz CT molecular complexity index is 1260. The second-order valence-electron chi connectivity index (χ2n) is 6.82. The van der Waals surface area contributed by atoms with Crippen LogP contribution in [-0.4, -0.2) is 44.6 Å². The first kappa shape index (κ1) is 24.8. The van der Waals surface area contributed by atoms with Crippen molar-refractivity contribution in [3.05, 3.63) is 69.7 Å². The van der Waals surface area contributed by atoms with E-state index in [2.05, 4.69) is 5.10 Å². The van der Waals surface area contributed by atoms with Gasteiger partial charge in [-0.25, -0.2) is 31.1 Å². The van der Waals surface area contributed by atoms with Gasteiger partial charge in [0.25, 0.3) is 12.3 Å². The number of nitrogens with zero attached hydrogens (tertiary/aromatic N) is 3. The second kappa shape index (κ2) is 9.99. The summed E-state index contributed by atoms with van der Waals surface area (Å²) in [5.74, 6) is -6.03. The molecule has 0 fully saturated rings. The van der Waals surface area contributed by atoms with Crippen LogP contribution < -0.4 is 15.7 Å². The van der Waals surface area contributed by atoms with Crippen molar-refractivity contribution in [2.24, 2.45) is 7.05 Å². The number of carbonyl (C=O) groups is 1. The van der Waals surface area contributed by atoms with Crippen LogP contribution in [0.3, 0.4) is 0 Å². The highest BCUT2D eigenvalue weighted by Gasteiger charge is 2.28. The van der Waals surface area contributed by atoms with Crippen molar-refractivity contribution < 1.29 is 41.0 Å². The Kier molecular flexibility index (Phi) is 7.29. The number of aliphatic hydroxyl groups is 1. The molecule has 0 saturated heterocycles. The zero-order chi connectivity index (χ0) is 25.2. The Morgan fingerprint density at radius 2 is 1.82 bits per heavy atom. The third kappa shape index (κ3) is 4.76. The van der Waals surface area contributed by atoms with Gasteiger partial charge in [-0.15, -0.1) is 5.10 Å². The minimum Gasteiger partial charge on any atom is -0.481 e. The molecule has 1 aromatic heterocycles. The number of ether oxygens (including phenoxy) is 1. The first-order valence-electron chi connectivity index (χ1n) is 9.44. The summed E-state index contributed by atoms with van der Waals surface area (Å²) < 4.78 is 88.2. The van der Waals surface area contributed by atoms with Crippen molar-refractivity contribution in [2.45, 2.75) is 19.1 Å². The Balaban J connectivity index is 2.14. The van der Waals surface area contributed by atoms with Gasteiger partial charge in [-0.1, -0.05) is 6.07 Å². The fraction of sp³-hybridized carbons (Fsp3) is 0.250. The molecule has 8 nitrogen and oxygen atoms in total. The zero-order valence-electron chi connectivity index (χ0n) is 17.2. The summed E-state index contributed by atoms with van der Waals surface area (Å²) in [5, 5.41) is 14.8. The van der Waals surface area contributed by atoms with Crippen molar-refractivity contribution in [1.29, 1.82) is 0 Å². The summed E-state index contributed by atoms with van der Waals surface area (Å²) in [4.78, 5) is 25.0. The van der Waals surface area contributed by atoms with Gasteiger partial charge in [-0.3, -0.25) is 9.36 Å². The molecule has 14 heteroatoms. The van der Waals surface area contributed by atoms with Crippen LogP contribution in [0.4, 0.5) is 32.0 Å². The molecule has 0 saturated carbocycles. The van der Waals surface area contributed by atoms with Gasteiger partial charge in [0.05, 0.1) is 5.56 Å². The van der Waals surface area contributed by atoms with E-state index < -0.39 is 77.5 Å². The van der Waals surface area contributed by atoms with E-state index in [-0.39, 0.29) is 5.82 Å². The molecule has 2 aromatic carbocycles. The summed E-state index contributed by atoms with van der Waals surface area (Å²) in [6.07, 6.45) is -5.75. The van der Waals surface area contributed by atoms with E-state index in [1.165, 1.54) is 7.05 Å². The number of hydrogen-bond acceptors (Lipinski definition) is 5. The van der Waals surface area contributed by atoms with Crippen LogP contribution in [0.1, 0.15) is 16.2 Å². The monoisotopic (exact) mass is 490 g/mol. The molecule has 0 aliphatic rings. The van der Waals surface area contributed by atoms with E-state index in [9.17, 15) is 41.0 Å². The lowest BCUT2D eigenvalue weighted by atomic mass is 10.1. The number of anilines is 1. The number of aliphatic hydroxyl groups excluding tert-OH is 1. The largest absolute Gasteiger partial charge is 0.481 e. The van der Waals surface area contributed by atoms with E-state index >= 15 is 0 Å². The second-order valence-corrected chi connectivity index (χ2v) is 6.82. The highest BCUT2D eigenvalue weighted by Crippen LogP contribution is 2.29. The molecule has 0 unspecified atom stereocenters. The van der Waals surface area contributed by atoms with E-state index in [0.29, 0.717) is 16.8 Å². The SMILES string of the molecule is Cn1c(CO)nn(-c2cc(O[C@@H](CF)C(F)F)c(C(=O)Nc3c(F)cccc3F)cc2F)c1=O. The minimum atomic E-state index is -3.36. The van der Waals surface area contributed by atoms with Crippen molar-refractivity contribution in [3.63, 3.8) is 0 Å². The average Bonchev–Trinajstić information content (AvgIpc) is 3.08. The van der Waals surface area contributed by atoms with Gasteiger partial charge in [-0.05, 0) is 18.2 Å². The third-order valence-corrected chi connectivity index (χ3v) is 4.65.